The van der Waals surface area contributed by atoms with E-state index in [2.05, 4.69) is 10.4 Å². The molecule has 3 rings (SSSR count). The van der Waals surface area contributed by atoms with E-state index in [-0.39, 0.29) is 18.7 Å². The molecule has 1 aromatic heterocycles. The first-order valence-corrected chi connectivity index (χ1v) is 9.81. The molecular weight excluding hydrogens is 427 g/mol. The molecule has 0 radical (unpaired) electrons. The molecule has 3 aromatic rings. The molecular formula is C21H20ClFN4O4. The van der Waals surface area contributed by atoms with E-state index in [4.69, 9.17) is 16.3 Å². The zero-order valence-electron chi connectivity index (χ0n) is 16.7. The summed E-state index contributed by atoms with van der Waals surface area (Å²) in [6.45, 7) is 0.321. The van der Waals surface area contributed by atoms with Crippen molar-refractivity contribution in [2.45, 2.75) is 13.0 Å². The number of carbonyl (C=O) groups is 1. The minimum absolute atomic E-state index is 0.127. The van der Waals surface area contributed by atoms with Crippen molar-refractivity contribution in [3.05, 3.63) is 91.5 Å². The Balaban J connectivity index is 2.10. The van der Waals surface area contributed by atoms with Crippen molar-refractivity contribution in [2.24, 2.45) is 0 Å². The molecule has 1 heterocycles. The molecule has 0 spiro atoms. The molecule has 0 fully saturated rings. The summed E-state index contributed by atoms with van der Waals surface area (Å²) in [6.07, 6.45) is 0.530. The van der Waals surface area contributed by atoms with Crippen LogP contribution in [0.25, 0.3) is 5.69 Å². The second kappa shape index (κ2) is 10.1. The molecule has 8 nitrogen and oxygen atoms in total. The lowest BCUT2D eigenvalue weighted by Gasteiger charge is -2.13. The van der Waals surface area contributed by atoms with E-state index < -0.39 is 28.7 Å². The monoisotopic (exact) mass is 446 g/mol. The Morgan fingerprint density at radius 2 is 1.87 bits per heavy atom. The van der Waals surface area contributed by atoms with Gasteiger partial charge in [-0.3, -0.25) is 14.2 Å². The zero-order valence-corrected chi connectivity index (χ0v) is 17.4. The SMILES string of the molecule is COCCCNC(=O)c1nn(-c2ccc(Cl)cc2)c(=O)n(Cc2ccccc2F)c1=O. The van der Waals surface area contributed by atoms with Gasteiger partial charge in [0, 0.05) is 30.8 Å². The van der Waals surface area contributed by atoms with Crippen molar-refractivity contribution in [3.63, 3.8) is 0 Å². The van der Waals surface area contributed by atoms with Crippen LogP contribution in [-0.4, -0.2) is 40.5 Å². The van der Waals surface area contributed by atoms with E-state index in [0.29, 0.717) is 23.7 Å². The Morgan fingerprint density at radius 1 is 1.16 bits per heavy atom. The summed E-state index contributed by atoms with van der Waals surface area (Å²) in [6, 6.07) is 11.9. The van der Waals surface area contributed by atoms with Crippen LogP contribution in [0.15, 0.2) is 58.1 Å². The Hall–Kier alpha value is -3.30. The lowest BCUT2D eigenvalue weighted by Crippen LogP contribution is -2.46. The van der Waals surface area contributed by atoms with Crippen LogP contribution in [0, 0.1) is 5.82 Å². The molecule has 0 saturated carbocycles. The topological polar surface area (TPSA) is 95.2 Å². The van der Waals surface area contributed by atoms with E-state index in [1.807, 2.05) is 0 Å². The largest absolute Gasteiger partial charge is 0.385 e. The highest BCUT2D eigenvalue weighted by molar-refractivity contribution is 6.30. The number of rotatable bonds is 8. The van der Waals surface area contributed by atoms with E-state index in [0.717, 1.165) is 9.25 Å². The van der Waals surface area contributed by atoms with E-state index in [1.165, 1.54) is 37.4 Å². The maximum Gasteiger partial charge on any atom is 0.352 e. The summed E-state index contributed by atoms with van der Waals surface area (Å²) in [5.74, 6) is -1.32. The summed E-state index contributed by atoms with van der Waals surface area (Å²) in [7, 11) is 1.53. The fourth-order valence-electron chi connectivity index (χ4n) is 2.85. The van der Waals surface area contributed by atoms with Gasteiger partial charge in [0.15, 0.2) is 0 Å². The minimum Gasteiger partial charge on any atom is -0.385 e. The van der Waals surface area contributed by atoms with Gasteiger partial charge in [0.05, 0.1) is 12.2 Å². The summed E-state index contributed by atoms with van der Waals surface area (Å²) in [5, 5.41) is 7.00. The zero-order chi connectivity index (χ0) is 22.4. The predicted octanol–water partition coefficient (Wildman–Crippen LogP) is 2.00. The van der Waals surface area contributed by atoms with E-state index in [9.17, 15) is 18.8 Å². The van der Waals surface area contributed by atoms with Gasteiger partial charge in [-0.15, -0.1) is 0 Å². The van der Waals surface area contributed by atoms with Crippen LogP contribution in [0.3, 0.4) is 0 Å². The predicted molar refractivity (Wildman–Crippen MR) is 113 cm³/mol. The quantitative estimate of drug-likeness (QED) is 0.534. The molecule has 31 heavy (non-hydrogen) atoms. The molecule has 0 aliphatic carbocycles. The van der Waals surface area contributed by atoms with Gasteiger partial charge >= 0.3 is 5.69 Å². The average Bonchev–Trinajstić information content (AvgIpc) is 2.76. The standard InChI is InChI=1S/C21H20ClFN4O4/c1-31-12-4-11-24-19(28)18-20(29)26(13-14-5-2-3-6-17(14)23)21(30)27(25-18)16-9-7-15(22)8-10-16/h2-3,5-10H,4,11-13H2,1H3,(H,24,28). The third-order valence-corrected chi connectivity index (χ3v) is 4.70. The van der Waals surface area contributed by atoms with Crippen molar-refractivity contribution in [3.8, 4) is 5.69 Å². The van der Waals surface area contributed by atoms with Crippen LogP contribution in [0.4, 0.5) is 4.39 Å². The Morgan fingerprint density at radius 3 is 2.55 bits per heavy atom. The average molecular weight is 447 g/mol. The van der Waals surface area contributed by atoms with Gasteiger partial charge < -0.3 is 10.1 Å². The lowest BCUT2D eigenvalue weighted by atomic mass is 10.2. The van der Waals surface area contributed by atoms with Gasteiger partial charge in [0.2, 0.25) is 5.69 Å². The number of carbonyl (C=O) groups excluding carboxylic acids is 1. The van der Waals surface area contributed by atoms with Crippen LogP contribution in [-0.2, 0) is 11.3 Å². The number of hydrogen-bond acceptors (Lipinski definition) is 5. The number of benzene rings is 2. The number of aromatic nitrogens is 3. The molecule has 0 saturated heterocycles. The highest BCUT2D eigenvalue weighted by Gasteiger charge is 2.21. The highest BCUT2D eigenvalue weighted by atomic mass is 35.5. The van der Waals surface area contributed by atoms with Gasteiger partial charge in [-0.1, -0.05) is 29.8 Å². The van der Waals surface area contributed by atoms with Crippen molar-refractivity contribution < 1.29 is 13.9 Å². The van der Waals surface area contributed by atoms with Gasteiger partial charge in [0.25, 0.3) is 11.5 Å². The fraction of sp³-hybridized carbons (Fsp3) is 0.238. The summed E-state index contributed by atoms with van der Waals surface area (Å²) >= 11 is 5.91. The first kappa shape index (κ1) is 22.4. The lowest BCUT2D eigenvalue weighted by molar-refractivity contribution is 0.0938. The number of ether oxygens (including phenoxy) is 1. The van der Waals surface area contributed by atoms with Crippen LogP contribution >= 0.6 is 11.6 Å². The van der Waals surface area contributed by atoms with Gasteiger partial charge in [-0.25, -0.2) is 9.18 Å². The number of methoxy groups -OCH3 is 1. The Labute approximate surface area is 181 Å². The molecule has 10 heteroatoms. The highest BCUT2D eigenvalue weighted by Crippen LogP contribution is 2.11. The summed E-state index contributed by atoms with van der Waals surface area (Å²) in [5.41, 5.74) is -1.79. The van der Waals surface area contributed by atoms with Crippen LogP contribution in [0.5, 0.6) is 0 Å². The van der Waals surface area contributed by atoms with Crippen LogP contribution in [0.1, 0.15) is 22.5 Å². The van der Waals surface area contributed by atoms with Gasteiger partial charge in [-0.05, 0) is 36.8 Å². The normalized spacial score (nSPS) is 10.8. The Kier molecular flexibility index (Phi) is 7.32. The fourth-order valence-corrected chi connectivity index (χ4v) is 2.97. The third-order valence-electron chi connectivity index (χ3n) is 4.44. The van der Waals surface area contributed by atoms with Crippen molar-refractivity contribution in [1.29, 1.82) is 0 Å². The molecule has 0 bridgehead atoms. The molecule has 162 valence electrons. The van der Waals surface area contributed by atoms with Crippen LogP contribution in [0.2, 0.25) is 5.02 Å². The first-order chi connectivity index (χ1) is 14.9. The van der Waals surface area contributed by atoms with Crippen molar-refractivity contribution >= 4 is 17.5 Å². The third kappa shape index (κ3) is 5.25. The molecule has 0 aliphatic heterocycles. The van der Waals surface area contributed by atoms with E-state index in [1.54, 1.807) is 18.2 Å². The number of halogens is 2. The minimum atomic E-state index is -0.914. The van der Waals surface area contributed by atoms with Gasteiger partial charge in [0.1, 0.15) is 5.82 Å². The molecule has 0 aliphatic rings. The number of nitrogens with zero attached hydrogens (tertiary/aromatic N) is 3. The summed E-state index contributed by atoms with van der Waals surface area (Å²) in [4.78, 5) is 38.6. The Bertz CT molecular complexity index is 1190. The second-order valence-corrected chi connectivity index (χ2v) is 7.04. The first-order valence-electron chi connectivity index (χ1n) is 9.43. The maximum atomic E-state index is 14.2. The molecule has 0 atom stereocenters. The van der Waals surface area contributed by atoms with E-state index >= 15 is 0 Å². The number of hydrogen-bond donors (Lipinski definition) is 1. The molecule has 1 N–H and O–H groups in total. The number of nitrogens with one attached hydrogen (secondary N) is 1. The molecule has 0 unspecified atom stereocenters. The molecule has 2 aromatic carbocycles. The van der Waals surface area contributed by atoms with Crippen molar-refractivity contribution in [2.75, 3.05) is 20.3 Å². The smallest absolute Gasteiger partial charge is 0.352 e. The molecule has 1 amide bonds. The number of amides is 1. The van der Waals surface area contributed by atoms with Crippen LogP contribution < -0.4 is 16.6 Å². The maximum absolute atomic E-state index is 14.2. The summed E-state index contributed by atoms with van der Waals surface area (Å²) < 4.78 is 20.8. The van der Waals surface area contributed by atoms with Crippen molar-refractivity contribution in [1.82, 2.24) is 19.7 Å². The van der Waals surface area contributed by atoms with Gasteiger partial charge in [-0.2, -0.15) is 9.78 Å². The second-order valence-electron chi connectivity index (χ2n) is 6.60.